The van der Waals surface area contributed by atoms with E-state index in [9.17, 15) is 18.0 Å². The SMILES string of the molecule is CSc1c(C(=O)O)cccc1C(F)(F)F. The number of alkyl halides is 3. The predicted molar refractivity (Wildman–Crippen MR) is 50.2 cm³/mol. The van der Waals surface area contributed by atoms with Gasteiger partial charge >= 0.3 is 12.1 Å². The Bertz CT molecular complexity index is 387. The molecular formula is C9H7F3O2S. The van der Waals surface area contributed by atoms with E-state index in [4.69, 9.17) is 5.11 Å². The summed E-state index contributed by atoms with van der Waals surface area (Å²) >= 11 is 0.776. The highest BCUT2D eigenvalue weighted by molar-refractivity contribution is 7.98. The smallest absolute Gasteiger partial charge is 0.417 e. The normalized spacial score (nSPS) is 11.5. The minimum absolute atomic E-state index is 0.252. The molecule has 0 radical (unpaired) electrons. The van der Waals surface area contributed by atoms with Crippen LogP contribution in [-0.4, -0.2) is 17.3 Å². The number of carboxylic acids is 1. The van der Waals surface area contributed by atoms with E-state index in [1.807, 2.05) is 0 Å². The zero-order valence-corrected chi connectivity index (χ0v) is 8.45. The summed E-state index contributed by atoms with van der Waals surface area (Å²) in [6.45, 7) is 0. The molecule has 0 spiro atoms. The minimum Gasteiger partial charge on any atom is -0.478 e. The van der Waals surface area contributed by atoms with E-state index >= 15 is 0 Å². The fraction of sp³-hybridized carbons (Fsp3) is 0.222. The molecule has 0 aliphatic rings. The summed E-state index contributed by atoms with van der Waals surface area (Å²) in [7, 11) is 0. The molecule has 1 aromatic carbocycles. The van der Waals surface area contributed by atoms with Crippen molar-refractivity contribution in [3.05, 3.63) is 29.3 Å². The number of hydrogen-bond donors (Lipinski definition) is 1. The summed E-state index contributed by atoms with van der Waals surface area (Å²) < 4.78 is 37.4. The lowest BCUT2D eigenvalue weighted by Gasteiger charge is -2.12. The van der Waals surface area contributed by atoms with Crippen LogP contribution >= 0.6 is 11.8 Å². The zero-order chi connectivity index (χ0) is 11.6. The van der Waals surface area contributed by atoms with Gasteiger partial charge in [-0.2, -0.15) is 13.2 Å². The van der Waals surface area contributed by atoms with Crippen LogP contribution < -0.4 is 0 Å². The molecule has 1 aromatic rings. The number of halogens is 3. The first-order valence-corrected chi connectivity index (χ1v) is 5.08. The Morgan fingerprint density at radius 3 is 2.40 bits per heavy atom. The molecule has 0 unspecified atom stereocenters. The van der Waals surface area contributed by atoms with Crippen molar-refractivity contribution in [3.63, 3.8) is 0 Å². The molecule has 0 aliphatic carbocycles. The van der Waals surface area contributed by atoms with E-state index < -0.39 is 17.7 Å². The van der Waals surface area contributed by atoms with Crippen molar-refractivity contribution in [1.82, 2.24) is 0 Å². The van der Waals surface area contributed by atoms with E-state index in [2.05, 4.69) is 0 Å². The van der Waals surface area contributed by atoms with E-state index in [0.717, 1.165) is 30.0 Å². The van der Waals surface area contributed by atoms with Crippen molar-refractivity contribution in [2.75, 3.05) is 6.26 Å². The van der Waals surface area contributed by atoms with Gasteiger partial charge in [0.1, 0.15) is 0 Å². The molecule has 0 aliphatic heterocycles. The summed E-state index contributed by atoms with van der Waals surface area (Å²) in [6.07, 6.45) is -3.11. The first-order valence-electron chi connectivity index (χ1n) is 3.85. The molecule has 0 heterocycles. The third-order valence-electron chi connectivity index (χ3n) is 1.75. The van der Waals surface area contributed by atoms with Crippen LogP contribution in [0.3, 0.4) is 0 Å². The molecule has 0 aromatic heterocycles. The van der Waals surface area contributed by atoms with Gasteiger partial charge in [0.2, 0.25) is 0 Å². The third kappa shape index (κ3) is 2.44. The highest BCUT2D eigenvalue weighted by Crippen LogP contribution is 2.37. The maximum absolute atomic E-state index is 12.5. The van der Waals surface area contributed by atoms with Crippen LogP contribution in [0.15, 0.2) is 23.1 Å². The fourth-order valence-electron chi connectivity index (χ4n) is 1.15. The van der Waals surface area contributed by atoms with Crippen LogP contribution in [-0.2, 0) is 6.18 Å². The quantitative estimate of drug-likeness (QED) is 0.801. The van der Waals surface area contributed by atoms with Gasteiger partial charge < -0.3 is 5.11 Å². The van der Waals surface area contributed by atoms with E-state index in [1.165, 1.54) is 6.26 Å². The Morgan fingerprint density at radius 1 is 1.40 bits per heavy atom. The van der Waals surface area contributed by atoms with Gasteiger partial charge in [-0.25, -0.2) is 4.79 Å². The van der Waals surface area contributed by atoms with Crippen molar-refractivity contribution in [3.8, 4) is 0 Å². The number of carbonyl (C=O) groups is 1. The molecule has 0 amide bonds. The molecule has 1 rings (SSSR count). The molecule has 0 atom stereocenters. The fourth-order valence-corrected chi connectivity index (χ4v) is 1.93. The van der Waals surface area contributed by atoms with Gasteiger partial charge in [-0.05, 0) is 18.4 Å². The Hall–Kier alpha value is -1.17. The molecular weight excluding hydrogens is 229 g/mol. The maximum atomic E-state index is 12.5. The van der Waals surface area contributed by atoms with Gasteiger partial charge in [0, 0.05) is 4.90 Å². The van der Waals surface area contributed by atoms with Crippen LogP contribution in [0.5, 0.6) is 0 Å². The number of benzene rings is 1. The lowest BCUT2D eigenvalue weighted by molar-refractivity contribution is -0.139. The van der Waals surface area contributed by atoms with Crippen molar-refractivity contribution in [1.29, 1.82) is 0 Å². The highest BCUT2D eigenvalue weighted by Gasteiger charge is 2.34. The van der Waals surface area contributed by atoms with Gasteiger partial charge in [0.15, 0.2) is 0 Å². The van der Waals surface area contributed by atoms with Crippen LogP contribution in [0.25, 0.3) is 0 Å². The Labute approximate surface area is 88.1 Å². The summed E-state index contributed by atoms with van der Waals surface area (Å²) in [4.78, 5) is 10.4. The first kappa shape index (κ1) is 11.9. The van der Waals surface area contributed by atoms with E-state index in [0.29, 0.717) is 0 Å². The second-order valence-corrected chi connectivity index (χ2v) is 3.51. The molecule has 0 saturated carbocycles. The lowest BCUT2D eigenvalue weighted by Crippen LogP contribution is -2.10. The summed E-state index contributed by atoms with van der Waals surface area (Å²) in [5.74, 6) is -1.36. The van der Waals surface area contributed by atoms with Gasteiger partial charge in [-0.15, -0.1) is 11.8 Å². The zero-order valence-electron chi connectivity index (χ0n) is 7.63. The van der Waals surface area contributed by atoms with Crippen LogP contribution in [0.4, 0.5) is 13.2 Å². The highest BCUT2D eigenvalue weighted by atomic mass is 32.2. The van der Waals surface area contributed by atoms with Crippen LogP contribution in [0, 0.1) is 0 Å². The molecule has 1 N–H and O–H groups in total. The Kier molecular flexibility index (Phi) is 3.28. The number of thioether (sulfide) groups is 1. The average Bonchev–Trinajstić information content (AvgIpc) is 2.15. The minimum atomic E-state index is -4.52. The van der Waals surface area contributed by atoms with Gasteiger partial charge in [0.05, 0.1) is 11.1 Å². The lowest BCUT2D eigenvalue weighted by atomic mass is 10.1. The molecule has 15 heavy (non-hydrogen) atoms. The number of aromatic carboxylic acids is 1. The van der Waals surface area contributed by atoms with Crippen molar-refractivity contribution in [2.45, 2.75) is 11.1 Å². The van der Waals surface area contributed by atoms with Gasteiger partial charge in [-0.3, -0.25) is 0 Å². The Morgan fingerprint density at radius 2 is 2.00 bits per heavy atom. The molecule has 82 valence electrons. The largest absolute Gasteiger partial charge is 0.478 e. The van der Waals surface area contributed by atoms with Crippen molar-refractivity contribution >= 4 is 17.7 Å². The van der Waals surface area contributed by atoms with Crippen LogP contribution in [0.2, 0.25) is 0 Å². The molecule has 0 fully saturated rings. The molecule has 0 saturated heterocycles. The standard InChI is InChI=1S/C9H7F3O2S/c1-15-7-5(8(13)14)3-2-4-6(7)9(10,11)12/h2-4H,1H3,(H,13,14). The van der Waals surface area contributed by atoms with Crippen molar-refractivity contribution < 1.29 is 23.1 Å². The monoisotopic (exact) mass is 236 g/mol. The predicted octanol–water partition coefficient (Wildman–Crippen LogP) is 3.13. The van der Waals surface area contributed by atoms with Crippen molar-refractivity contribution in [2.24, 2.45) is 0 Å². The summed E-state index contributed by atoms with van der Waals surface area (Å²) in [5.41, 5.74) is -1.23. The van der Waals surface area contributed by atoms with Crippen LogP contribution in [0.1, 0.15) is 15.9 Å². The molecule has 2 nitrogen and oxygen atoms in total. The average molecular weight is 236 g/mol. The first-order chi connectivity index (χ1) is 6.88. The number of hydrogen-bond acceptors (Lipinski definition) is 2. The number of rotatable bonds is 2. The number of carboxylic acid groups (broad SMARTS) is 1. The third-order valence-corrected chi connectivity index (χ3v) is 2.60. The summed E-state index contributed by atoms with van der Waals surface area (Å²) in [6, 6.07) is 3.12. The van der Waals surface area contributed by atoms with Gasteiger partial charge in [0.25, 0.3) is 0 Å². The molecule has 0 bridgehead atoms. The Balaban J connectivity index is 3.42. The second kappa shape index (κ2) is 4.14. The topological polar surface area (TPSA) is 37.3 Å². The molecule has 6 heteroatoms. The summed E-state index contributed by atoms with van der Waals surface area (Å²) in [5, 5.41) is 8.71. The van der Waals surface area contributed by atoms with Gasteiger partial charge in [-0.1, -0.05) is 6.07 Å². The van der Waals surface area contributed by atoms with E-state index in [1.54, 1.807) is 0 Å². The van der Waals surface area contributed by atoms with E-state index in [-0.39, 0.29) is 10.5 Å². The maximum Gasteiger partial charge on any atom is 0.417 e. The second-order valence-electron chi connectivity index (χ2n) is 2.69.